The van der Waals surface area contributed by atoms with E-state index in [0.717, 1.165) is 35.6 Å². The van der Waals surface area contributed by atoms with Crippen LogP contribution < -0.4 is 4.74 Å². The van der Waals surface area contributed by atoms with Crippen molar-refractivity contribution in [3.8, 4) is 5.75 Å². The molecular formula is C22H17NO. The zero-order valence-corrected chi connectivity index (χ0v) is 13.3. The summed E-state index contributed by atoms with van der Waals surface area (Å²) < 4.78 is 6.14. The third kappa shape index (κ3) is 2.15. The summed E-state index contributed by atoms with van der Waals surface area (Å²) in [6.07, 6.45) is 6.24. The summed E-state index contributed by atoms with van der Waals surface area (Å²) in [5.74, 6) is 2.27. The summed E-state index contributed by atoms with van der Waals surface area (Å²) in [4.78, 5) is 4.92. The van der Waals surface area contributed by atoms with E-state index in [0.29, 0.717) is 5.92 Å². The second kappa shape index (κ2) is 5.34. The summed E-state index contributed by atoms with van der Waals surface area (Å²) in [6.45, 7) is 0. The minimum Gasteiger partial charge on any atom is -0.457 e. The molecule has 3 aromatic rings. The average molecular weight is 311 g/mol. The van der Waals surface area contributed by atoms with Gasteiger partial charge in [-0.1, -0.05) is 48.5 Å². The third-order valence-electron chi connectivity index (χ3n) is 4.93. The molecule has 0 spiro atoms. The molecule has 1 aliphatic carbocycles. The predicted molar refractivity (Wildman–Crippen MR) is 96.0 cm³/mol. The van der Waals surface area contributed by atoms with Crippen LogP contribution in [0.15, 0.2) is 84.1 Å². The van der Waals surface area contributed by atoms with Gasteiger partial charge in [0.15, 0.2) is 0 Å². The first-order valence-electron chi connectivity index (χ1n) is 8.39. The third-order valence-corrected chi connectivity index (χ3v) is 4.93. The number of ether oxygens (including phenoxy) is 1. The summed E-state index contributed by atoms with van der Waals surface area (Å²) in [6, 6.07) is 20.9. The van der Waals surface area contributed by atoms with Crippen molar-refractivity contribution in [1.82, 2.24) is 4.98 Å². The molecule has 2 heterocycles. The molecule has 2 heteroatoms. The molecular weight excluding hydrogens is 294 g/mol. The molecule has 0 radical (unpaired) electrons. The van der Waals surface area contributed by atoms with Crippen LogP contribution in [0.4, 0.5) is 0 Å². The largest absolute Gasteiger partial charge is 0.457 e. The monoisotopic (exact) mass is 311 g/mol. The van der Waals surface area contributed by atoms with E-state index >= 15 is 0 Å². The van der Waals surface area contributed by atoms with E-state index in [1.165, 1.54) is 16.5 Å². The molecule has 1 unspecified atom stereocenters. The number of hydrogen-bond acceptors (Lipinski definition) is 2. The van der Waals surface area contributed by atoms with Crippen molar-refractivity contribution in [3.63, 3.8) is 0 Å². The zero-order valence-electron chi connectivity index (χ0n) is 13.3. The fourth-order valence-corrected chi connectivity index (χ4v) is 3.69. The summed E-state index contributed by atoms with van der Waals surface area (Å²) in [5, 5.41) is 1.19. The van der Waals surface area contributed by atoms with E-state index in [1.54, 1.807) is 0 Å². The molecule has 2 aromatic carbocycles. The highest BCUT2D eigenvalue weighted by Gasteiger charge is 2.28. The van der Waals surface area contributed by atoms with Gasteiger partial charge in [-0.2, -0.15) is 0 Å². The van der Waals surface area contributed by atoms with Crippen LogP contribution in [0.3, 0.4) is 0 Å². The van der Waals surface area contributed by atoms with Crippen LogP contribution in [0.2, 0.25) is 0 Å². The minimum atomic E-state index is 0.294. The van der Waals surface area contributed by atoms with E-state index in [9.17, 15) is 0 Å². The number of para-hydroxylation sites is 2. The molecule has 1 atom stereocenters. The molecule has 0 fully saturated rings. The van der Waals surface area contributed by atoms with Gasteiger partial charge in [0.25, 0.3) is 0 Å². The van der Waals surface area contributed by atoms with Gasteiger partial charge in [0.05, 0.1) is 5.52 Å². The van der Waals surface area contributed by atoms with Crippen molar-refractivity contribution in [2.45, 2.75) is 18.8 Å². The highest BCUT2D eigenvalue weighted by molar-refractivity contribution is 5.78. The molecule has 1 aromatic heterocycles. The number of allylic oxidation sites excluding steroid dienone is 3. The lowest BCUT2D eigenvalue weighted by atomic mass is 9.82. The van der Waals surface area contributed by atoms with Gasteiger partial charge >= 0.3 is 0 Å². The second-order valence-electron chi connectivity index (χ2n) is 6.40. The smallest absolute Gasteiger partial charge is 0.130 e. The zero-order chi connectivity index (χ0) is 15.9. The topological polar surface area (TPSA) is 22.1 Å². The van der Waals surface area contributed by atoms with Gasteiger partial charge < -0.3 is 4.74 Å². The van der Waals surface area contributed by atoms with Gasteiger partial charge in [0.1, 0.15) is 11.5 Å². The van der Waals surface area contributed by atoms with Crippen molar-refractivity contribution in [1.29, 1.82) is 0 Å². The van der Waals surface area contributed by atoms with Gasteiger partial charge in [0.2, 0.25) is 0 Å². The molecule has 2 nitrogen and oxygen atoms in total. The molecule has 5 rings (SSSR count). The molecule has 0 N–H and O–H groups in total. The molecule has 0 saturated carbocycles. The molecule has 24 heavy (non-hydrogen) atoms. The van der Waals surface area contributed by atoms with Crippen LogP contribution in [-0.4, -0.2) is 4.98 Å². The lowest BCUT2D eigenvalue weighted by Crippen LogP contribution is -2.18. The fourth-order valence-electron chi connectivity index (χ4n) is 3.69. The normalized spacial score (nSPS) is 18.9. The van der Waals surface area contributed by atoms with Crippen LogP contribution in [-0.2, 0) is 6.42 Å². The maximum Gasteiger partial charge on any atom is 0.130 e. The van der Waals surface area contributed by atoms with Crippen LogP contribution in [0, 0.1) is 0 Å². The van der Waals surface area contributed by atoms with Gasteiger partial charge in [0, 0.05) is 23.4 Å². The Bertz CT molecular complexity index is 1000. The SMILES string of the molecule is C1=CC2=C(Cc3ccccc3O2)C(c2ccc3ccccc3n2)C1. The van der Waals surface area contributed by atoms with Crippen molar-refractivity contribution >= 4 is 10.9 Å². The van der Waals surface area contributed by atoms with Crippen molar-refractivity contribution < 1.29 is 4.74 Å². The van der Waals surface area contributed by atoms with Gasteiger partial charge in [-0.15, -0.1) is 0 Å². The van der Waals surface area contributed by atoms with Gasteiger partial charge in [-0.25, -0.2) is 0 Å². The number of hydrogen-bond donors (Lipinski definition) is 0. The number of rotatable bonds is 1. The highest BCUT2D eigenvalue weighted by Crippen LogP contribution is 2.41. The summed E-state index contributed by atoms with van der Waals surface area (Å²) >= 11 is 0. The van der Waals surface area contributed by atoms with E-state index in [1.807, 2.05) is 18.2 Å². The maximum absolute atomic E-state index is 6.14. The predicted octanol–water partition coefficient (Wildman–Crippen LogP) is 5.17. The molecule has 2 aliphatic rings. The Labute approximate surface area is 141 Å². The molecule has 0 amide bonds. The van der Waals surface area contributed by atoms with E-state index in [2.05, 4.69) is 54.6 Å². The number of pyridine rings is 1. The van der Waals surface area contributed by atoms with Crippen LogP contribution in [0.1, 0.15) is 23.6 Å². The lowest BCUT2D eigenvalue weighted by molar-refractivity contribution is 0.406. The minimum absolute atomic E-state index is 0.294. The van der Waals surface area contributed by atoms with E-state index in [-0.39, 0.29) is 0 Å². The van der Waals surface area contributed by atoms with Crippen LogP contribution >= 0.6 is 0 Å². The molecule has 0 saturated heterocycles. The Morgan fingerprint density at radius 2 is 1.79 bits per heavy atom. The summed E-state index contributed by atoms with van der Waals surface area (Å²) in [7, 11) is 0. The van der Waals surface area contributed by atoms with Crippen molar-refractivity contribution in [2.75, 3.05) is 0 Å². The van der Waals surface area contributed by atoms with Crippen molar-refractivity contribution in [2.24, 2.45) is 0 Å². The molecule has 116 valence electrons. The Morgan fingerprint density at radius 3 is 2.79 bits per heavy atom. The number of nitrogens with zero attached hydrogens (tertiary/aromatic N) is 1. The van der Waals surface area contributed by atoms with Gasteiger partial charge in [-0.05, 0) is 41.8 Å². The van der Waals surface area contributed by atoms with E-state index in [4.69, 9.17) is 9.72 Å². The number of fused-ring (bicyclic) bond motifs is 2. The Hall–Kier alpha value is -2.87. The molecule has 1 aliphatic heterocycles. The first kappa shape index (κ1) is 13.6. The number of benzene rings is 2. The fraction of sp³-hybridized carbons (Fsp3) is 0.136. The highest BCUT2D eigenvalue weighted by atomic mass is 16.5. The summed E-state index contributed by atoms with van der Waals surface area (Å²) in [5.41, 5.74) is 4.80. The average Bonchev–Trinajstić information content (AvgIpc) is 2.65. The Morgan fingerprint density at radius 1 is 0.917 bits per heavy atom. The quantitative estimate of drug-likeness (QED) is 0.618. The maximum atomic E-state index is 6.14. The van der Waals surface area contributed by atoms with Gasteiger partial charge in [-0.3, -0.25) is 4.98 Å². The first-order chi connectivity index (χ1) is 11.9. The lowest BCUT2D eigenvalue weighted by Gasteiger charge is -2.29. The molecule has 0 bridgehead atoms. The second-order valence-corrected chi connectivity index (χ2v) is 6.40. The Balaban J connectivity index is 1.58. The van der Waals surface area contributed by atoms with Crippen molar-refractivity contribution in [3.05, 3.63) is 95.4 Å². The Kier molecular flexibility index (Phi) is 3.02. The first-order valence-corrected chi connectivity index (χ1v) is 8.39. The van der Waals surface area contributed by atoms with E-state index < -0.39 is 0 Å². The number of aromatic nitrogens is 1. The standard InChI is InChI=1S/C22H17NO/c1-3-9-19-15(6-1)12-13-20(23-19)17-8-5-11-22-18(17)14-16-7-2-4-10-21(16)24-22/h1-7,9-13,17H,8,14H2. The van der Waals surface area contributed by atoms with Crippen LogP contribution in [0.5, 0.6) is 5.75 Å². The van der Waals surface area contributed by atoms with Crippen LogP contribution in [0.25, 0.3) is 10.9 Å².